The van der Waals surface area contributed by atoms with Crippen LogP contribution in [0.2, 0.25) is 0 Å². The van der Waals surface area contributed by atoms with E-state index in [1.165, 1.54) is 7.05 Å². The molecule has 66 valence electrons. The summed E-state index contributed by atoms with van der Waals surface area (Å²) in [4.78, 5) is 10.7. The maximum absolute atomic E-state index is 12.0. The Labute approximate surface area is 66.2 Å². The van der Waals surface area contributed by atoms with Gasteiger partial charge in [0.1, 0.15) is 0 Å². The van der Waals surface area contributed by atoms with Gasteiger partial charge in [-0.1, -0.05) is 0 Å². The molecule has 0 N–H and O–H groups in total. The maximum Gasteiger partial charge on any atom is 0.416 e. The first-order valence-corrected chi connectivity index (χ1v) is 3.15. The number of nitrogens with zero attached hydrogens (tertiary/aromatic N) is 1. The second kappa shape index (κ2) is 2.66. The number of halogens is 3. The quantitative estimate of drug-likeness (QED) is 0.587. The fourth-order valence-corrected chi connectivity index (χ4v) is 0.725. The van der Waals surface area contributed by atoms with Crippen molar-refractivity contribution in [3.05, 3.63) is 34.2 Å². The van der Waals surface area contributed by atoms with Gasteiger partial charge in [0.2, 0.25) is 0 Å². The standard InChI is InChI=1S/C7H6F3NO/c1-11-3-2-5(4-6(11)12)7(8,9)10/h2-4H,1H3. The van der Waals surface area contributed by atoms with Crippen LogP contribution in [0.1, 0.15) is 5.56 Å². The van der Waals surface area contributed by atoms with Crippen LogP contribution in [0.25, 0.3) is 0 Å². The van der Waals surface area contributed by atoms with Crippen molar-refractivity contribution in [1.29, 1.82) is 0 Å². The highest BCUT2D eigenvalue weighted by Crippen LogP contribution is 2.27. The van der Waals surface area contributed by atoms with Crippen LogP contribution in [0.3, 0.4) is 0 Å². The lowest BCUT2D eigenvalue weighted by Crippen LogP contribution is -2.18. The second-order valence-corrected chi connectivity index (χ2v) is 2.36. The van der Waals surface area contributed by atoms with Crippen molar-refractivity contribution >= 4 is 0 Å². The third kappa shape index (κ3) is 1.66. The Kier molecular flexibility index (Phi) is 1.95. The van der Waals surface area contributed by atoms with Crippen molar-refractivity contribution in [3.8, 4) is 0 Å². The lowest BCUT2D eigenvalue weighted by atomic mass is 10.2. The number of alkyl halides is 3. The van der Waals surface area contributed by atoms with Gasteiger partial charge in [0.05, 0.1) is 5.56 Å². The molecule has 0 atom stereocenters. The van der Waals surface area contributed by atoms with Crippen molar-refractivity contribution in [2.45, 2.75) is 6.18 Å². The largest absolute Gasteiger partial charge is 0.416 e. The fourth-order valence-electron chi connectivity index (χ4n) is 0.725. The molecule has 0 aliphatic carbocycles. The highest BCUT2D eigenvalue weighted by Gasteiger charge is 2.30. The SMILES string of the molecule is Cn1ccc(C(F)(F)F)cc1=O. The summed E-state index contributed by atoms with van der Waals surface area (Å²) in [7, 11) is 1.39. The number of pyridine rings is 1. The first-order chi connectivity index (χ1) is 5.41. The molecule has 1 rings (SSSR count). The minimum atomic E-state index is -4.44. The van der Waals surface area contributed by atoms with Gasteiger partial charge in [0.15, 0.2) is 0 Å². The fraction of sp³-hybridized carbons (Fsp3) is 0.286. The summed E-state index contributed by atoms with van der Waals surface area (Å²) >= 11 is 0. The summed E-state index contributed by atoms with van der Waals surface area (Å²) in [6.07, 6.45) is -3.35. The summed E-state index contributed by atoms with van der Waals surface area (Å²) < 4.78 is 36.9. The van der Waals surface area contributed by atoms with Gasteiger partial charge in [-0.25, -0.2) is 0 Å². The molecule has 0 amide bonds. The summed E-state index contributed by atoms with van der Waals surface area (Å²) in [5.74, 6) is 0. The third-order valence-electron chi connectivity index (χ3n) is 1.43. The van der Waals surface area contributed by atoms with Crippen LogP contribution >= 0.6 is 0 Å². The van der Waals surface area contributed by atoms with Crippen molar-refractivity contribution in [3.63, 3.8) is 0 Å². The molecule has 1 aromatic heterocycles. The first kappa shape index (κ1) is 8.83. The lowest BCUT2D eigenvalue weighted by Gasteiger charge is -2.05. The Balaban J connectivity index is 3.23. The minimum Gasteiger partial charge on any atom is -0.319 e. The first-order valence-electron chi connectivity index (χ1n) is 3.15. The summed E-state index contributed by atoms with van der Waals surface area (Å²) in [6, 6.07) is 1.43. The Morgan fingerprint density at radius 2 is 2.00 bits per heavy atom. The Hall–Kier alpha value is -1.26. The van der Waals surface area contributed by atoms with Crippen LogP contribution in [-0.4, -0.2) is 4.57 Å². The molecule has 1 heterocycles. The van der Waals surface area contributed by atoms with E-state index >= 15 is 0 Å². The van der Waals surface area contributed by atoms with E-state index in [1.807, 2.05) is 0 Å². The normalized spacial score (nSPS) is 11.7. The zero-order chi connectivity index (χ0) is 9.35. The van der Waals surface area contributed by atoms with Gasteiger partial charge in [-0.2, -0.15) is 13.2 Å². The van der Waals surface area contributed by atoms with E-state index < -0.39 is 17.3 Å². The monoisotopic (exact) mass is 177 g/mol. The van der Waals surface area contributed by atoms with Gasteiger partial charge in [-0.3, -0.25) is 4.79 Å². The van der Waals surface area contributed by atoms with Crippen LogP contribution < -0.4 is 5.56 Å². The van der Waals surface area contributed by atoms with Crippen LogP contribution in [-0.2, 0) is 13.2 Å². The molecule has 5 heteroatoms. The van der Waals surface area contributed by atoms with Gasteiger partial charge >= 0.3 is 6.18 Å². The highest BCUT2D eigenvalue weighted by molar-refractivity contribution is 5.14. The minimum absolute atomic E-state index is 0.569. The van der Waals surface area contributed by atoms with Crippen LogP contribution in [0.5, 0.6) is 0 Å². The van der Waals surface area contributed by atoms with E-state index in [0.717, 1.165) is 16.8 Å². The van der Waals surface area contributed by atoms with Gasteiger partial charge in [-0.15, -0.1) is 0 Å². The molecule has 2 nitrogen and oxygen atoms in total. The van der Waals surface area contributed by atoms with E-state index in [-0.39, 0.29) is 0 Å². The third-order valence-corrected chi connectivity index (χ3v) is 1.43. The molecular weight excluding hydrogens is 171 g/mol. The number of rotatable bonds is 0. The van der Waals surface area contributed by atoms with Crippen molar-refractivity contribution in [1.82, 2.24) is 4.57 Å². The van der Waals surface area contributed by atoms with Gasteiger partial charge in [-0.05, 0) is 6.07 Å². The Morgan fingerprint density at radius 1 is 1.42 bits per heavy atom. The molecule has 0 unspecified atom stereocenters. The summed E-state index contributed by atoms with van der Waals surface area (Å²) in [5.41, 5.74) is -1.57. The zero-order valence-electron chi connectivity index (χ0n) is 6.22. The molecule has 0 radical (unpaired) electrons. The highest BCUT2D eigenvalue weighted by atomic mass is 19.4. The topological polar surface area (TPSA) is 22.0 Å². The Bertz CT molecular complexity index is 339. The molecule has 12 heavy (non-hydrogen) atoms. The van der Waals surface area contributed by atoms with E-state index in [2.05, 4.69) is 0 Å². The summed E-state index contributed by atoms with van der Waals surface area (Å²) in [6.45, 7) is 0. The van der Waals surface area contributed by atoms with E-state index in [1.54, 1.807) is 0 Å². The molecule has 0 aliphatic rings. The van der Waals surface area contributed by atoms with Gasteiger partial charge in [0.25, 0.3) is 5.56 Å². The molecule has 0 aliphatic heterocycles. The molecular formula is C7H6F3NO. The molecule has 0 aromatic carbocycles. The van der Waals surface area contributed by atoms with Crippen molar-refractivity contribution in [2.24, 2.45) is 7.05 Å². The van der Waals surface area contributed by atoms with Gasteiger partial charge < -0.3 is 4.57 Å². The van der Waals surface area contributed by atoms with E-state index in [9.17, 15) is 18.0 Å². The van der Waals surface area contributed by atoms with Crippen LogP contribution in [0.4, 0.5) is 13.2 Å². The average molecular weight is 177 g/mol. The smallest absolute Gasteiger partial charge is 0.319 e. The lowest BCUT2D eigenvalue weighted by molar-refractivity contribution is -0.137. The number of aromatic nitrogens is 1. The molecule has 1 aromatic rings. The van der Waals surface area contributed by atoms with Crippen molar-refractivity contribution in [2.75, 3.05) is 0 Å². The van der Waals surface area contributed by atoms with Crippen molar-refractivity contribution < 1.29 is 13.2 Å². The zero-order valence-corrected chi connectivity index (χ0v) is 6.22. The predicted molar refractivity (Wildman–Crippen MR) is 36.7 cm³/mol. The summed E-state index contributed by atoms with van der Waals surface area (Å²) in [5, 5.41) is 0. The maximum atomic E-state index is 12.0. The van der Waals surface area contributed by atoms with E-state index in [4.69, 9.17) is 0 Å². The van der Waals surface area contributed by atoms with E-state index in [0.29, 0.717) is 6.07 Å². The molecule has 0 spiro atoms. The number of hydrogen-bond donors (Lipinski definition) is 0. The molecule has 0 saturated carbocycles. The molecule has 0 saturated heterocycles. The molecule has 0 bridgehead atoms. The number of hydrogen-bond acceptors (Lipinski definition) is 1. The van der Waals surface area contributed by atoms with Crippen LogP contribution in [0.15, 0.2) is 23.1 Å². The van der Waals surface area contributed by atoms with Gasteiger partial charge in [0, 0.05) is 19.3 Å². The Morgan fingerprint density at radius 3 is 2.42 bits per heavy atom. The second-order valence-electron chi connectivity index (χ2n) is 2.36. The predicted octanol–water partition coefficient (Wildman–Crippen LogP) is 1.40. The number of aryl methyl sites for hydroxylation is 1. The molecule has 0 fully saturated rings. The average Bonchev–Trinajstić information content (AvgIpc) is 1.92. The van der Waals surface area contributed by atoms with Crippen LogP contribution in [0, 0.1) is 0 Å².